The van der Waals surface area contributed by atoms with Crippen molar-refractivity contribution in [1.29, 1.82) is 0 Å². The topological polar surface area (TPSA) is 53.1 Å². The molecule has 1 heterocycles. The number of nitrogens with two attached hydrogens (primary N) is 1. The van der Waals surface area contributed by atoms with Gasteiger partial charge in [-0.05, 0) is 30.7 Å². The van der Waals surface area contributed by atoms with Crippen LogP contribution >= 0.6 is 12.4 Å². The number of hydrogen-bond acceptors (Lipinski definition) is 3. The molecule has 2 aromatic rings. The predicted octanol–water partition coefficient (Wildman–Crippen LogP) is 3.22. The molecule has 8 heteroatoms. The molecule has 0 spiro atoms. The SMILES string of the molecule is Cl.NCCCn1cc(-c2ccc(OC(F)(F)F)cc2)cn1. The number of rotatable bonds is 5. The summed E-state index contributed by atoms with van der Waals surface area (Å²) in [6.45, 7) is 1.30. The van der Waals surface area contributed by atoms with Gasteiger partial charge in [-0.2, -0.15) is 5.10 Å². The van der Waals surface area contributed by atoms with E-state index in [2.05, 4.69) is 9.84 Å². The third kappa shape index (κ3) is 5.28. The van der Waals surface area contributed by atoms with Gasteiger partial charge in [-0.15, -0.1) is 25.6 Å². The van der Waals surface area contributed by atoms with E-state index in [0.29, 0.717) is 13.1 Å². The first-order chi connectivity index (χ1) is 9.48. The van der Waals surface area contributed by atoms with Crippen LogP contribution in [-0.2, 0) is 6.54 Å². The van der Waals surface area contributed by atoms with E-state index in [9.17, 15) is 13.2 Å². The number of halogens is 4. The maximum absolute atomic E-state index is 12.0. The molecule has 0 radical (unpaired) electrons. The van der Waals surface area contributed by atoms with Crippen LogP contribution in [0.2, 0.25) is 0 Å². The zero-order valence-corrected chi connectivity index (χ0v) is 11.8. The van der Waals surface area contributed by atoms with Gasteiger partial charge in [0, 0.05) is 18.3 Å². The van der Waals surface area contributed by atoms with Crippen molar-refractivity contribution < 1.29 is 17.9 Å². The number of nitrogens with zero attached hydrogens (tertiary/aromatic N) is 2. The van der Waals surface area contributed by atoms with Crippen LogP contribution < -0.4 is 10.5 Å². The summed E-state index contributed by atoms with van der Waals surface area (Å²) in [7, 11) is 0. The Morgan fingerprint density at radius 1 is 1.14 bits per heavy atom. The molecule has 0 aliphatic heterocycles. The van der Waals surface area contributed by atoms with E-state index < -0.39 is 6.36 Å². The van der Waals surface area contributed by atoms with Crippen molar-refractivity contribution in [2.75, 3.05) is 6.54 Å². The lowest BCUT2D eigenvalue weighted by molar-refractivity contribution is -0.274. The molecule has 2 rings (SSSR count). The first-order valence-corrected chi connectivity index (χ1v) is 6.06. The van der Waals surface area contributed by atoms with Crippen LogP contribution in [0.3, 0.4) is 0 Å². The van der Waals surface area contributed by atoms with E-state index >= 15 is 0 Å². The van der Waals surface area contributed by atoms with E-state index in [1.165, 1.54) is 12.1 Å². The van der Waals surface area contributed by atoms with Crippen LogP contribution in [0.4, 0.5) is 13.2 Å². The van der Waals surface area contributed by atoms with Gasteiger partial charge in [-0.3, -0.25) is 4.68 Å². The number of hydrogen-bond donors (Lipinski definition) is 1. The molecule has 0 fully saturated rings. The molecule has 0 saturated carbocycles. The van der Waals surface area contributed by atoms with E-state index in [0.717, 1.165) is 17.5 Å². The second-order valence-corrected chi connectivity index (χ2v) is 4.21. The Bertz CT molecular complexity index is 555. The van der Waals surface area contributed by atoms with Crippen molar-refractivity contribution >= 4 is 12.4 Å². The molecule has 0 bridgehead atoms. The van der Waals surface area contributed by atoms with Crippen LogP contribution in [-0.4, -0.2) is 22.7 Å². The van der Waals surface area contributed by atoms with Gasteiger partial charge >= 0.3 is 6.36 Å². The Morgan fingerprint density at radius 2 is 1.81 bits per heavy atom. The van der Waals surface area contributed by atoms with Crippen molar-refractivity contribution in [3.05, 3.63) is 36.7 Å². The summed E-state index contributed by atoms with van der Waals surface area (Å²) in [5.41, 5.74) is 7.02. The largest absolute Gasteiger partial charge is 0.573 e. The minimum atomic E-state index is -4.67. The standard InChI is InChI=1S/C13H14F3N3O.ClH/c14-13(15,16)20-12-4-2-10(3-5-12)11-8-18-19(9-11)7-1-6-17;/h2-5,8-9H,1,6-7,17H2;1H. The summed E-state index contributed by atoms with van der Waals surface area (Å²) in [5.74, 6) is -0.239. The quantitative estimate of drug-likeness (QED) is 0.920. The minimum absolute atomic E-state index is 0. The van der Waals surface area contributed by atoms with Crippen molar-refractivity contribution in [3.8, 4) is 16.9 Å². The molecule has 0 aliphatic carbocycles. The summed E-state index contributed by atoms with van der Waals surface area (Å²) in [6, 6.07) is 5.68. The zero-order chi connectivity index (χ0) is 14.6. The fraction of sp³-hybridized carbons (Fsp3) is 0.308. The molecule has 0 aliphatic rings. The van der Waals surface area contributed by atoms with Gasteiger partial charge in [0.2, 0.25) is 0 Å². The molecule has 0 saturated heterocycles. The molecule has 0 amide bonds. The number of alkyl halides is 3. The lowest BCUT2D eigenvalue weighted by Crippen LogP contribution is -2.16. The lowest BCUT2D eigenvalue weighted by atomic mass is 10.1. The number of ether oxygens (including phenoxy) is 1. The van der Waals surface area contributed by atoms with Gasteiger partial charge in [0.05, 0.1) is 6.20 Å². The highest BCUT2D eigenvalue weighted by molar-refractivity contribution is 5.85. The Balaban J connectivity index is 0.00000220. The lowest BCUT2D eigenvalue weighted by Gasteiger charge is -2.08. The highest BCUT2D eigenvalue weighted by Gasteiger charge is 2.30. The molecule has 1 aromatic carbocycles. The maximum Gasteiger partial charge on any atom is 0.573 e. The summed E-state index contributed by atoms with van der Waals surface area (Å²) in [4.78, 5) is 0. The average molecular weight is 322 g/mol. The highest BCUT2D eigenvalue weighted by atomic mass is 35.5. The Labute approximate surface area is 126 Å². The number of aryl methyl sites for hydroxylation is 1. The van der Waals surface area contributed by atoms with Crippen molar-refractivity contribution in [2.24, 2.45) is 5.73 Å². The Morgan fingerprint density at radius 3 is 2.38 bits per heavy atom. The first-order valence-electron chi connectivity index (χ1n) is 6.06. The second-order valence-electron chi connectivity index (χ2n) is 4.21. The summed E-state index contributed by atoms with van der Waals surface area (Å²) in [6.07, 6.45) is -0.362. The summed E-state index contributed by atoms with van der Waals surface area (Å²) < 4.78 is 41.7. The van der Waals surface area contributed by atoms with E-state index in [1.807, 2.05) is 6.20 Å². The third-order valence-electron chi connectivity index (χ3n) is 2.65. The minimum Gasteiger partial charge on any atom is -0.406 e. The molecular weight excluding hydrogens is 307 g/mol. The van der Waals surface area contributed by atoms with Gasteiger partial charge < -0.3 is 10.5 Å². The van der Waals surface area contributed by atoms with Crippen LogP contribution in [0.5, 0.6) is 5.75 Å². The van der Waals surface area contributed by atoms with Gasteiger partial charge in [-0.25, -0.2) is 0 Å². The van der Waals surface area contributed by atoms with E-state index in [4.69, 9.17) is 5.73 Å². The fourth-order valence-corrected chi connectivity index (χ4v) is 1.74. The molecule has 0 unspecified atom stereocenters. The van der Waals surface area contributed by atoms with Crippen LogP contribution in [0.25, 0.3) is 11.1 Å². The van der Waals surface area contributed by atoms with Crippen molar-refractivity contribution in [1.82, 2.24) is 9.78 Å². The second kappa shape index (κ2) is 7.33. The number of benzene rings is 1. The van der Waals surface area contributed by atoms with Crippen molar-refractivity contribution in [3.63, 3.8) is 0 Å². The monoisotopic (exact) mass is 321 g/mol. The van der Waals surface area contributed by atoms with Crippen molar-refractivity contribution in [2.45, 2.75) is 19.3 Å². The van der Waals surface area contributed by atoms with Crippen LogP contribution in [0, 0.1) is 0 Å². The normalized spacial score (nSPS) is 11.0. The van der Waals surface area contributed by atoms with Gasteiger partial charge in [0.25, 0.3) is 0 Å². The fourth-order valence-electron chi connectivity index (χ4n) is 1.74. The van der Waals surface area contributed by atoms with Crippen LogP contribution in [0.15, 0.2) is 36.7 Å². The smallest absolute Gasteiger partial charge is 0.406 e. The zero-order valence-electron chi connectivity index (χ0n) is 11.0. The average Bonchev–Trinajstić information content (AvgIpc) is 2.84. The van der Waals surface area contributed by atoms with Gasteiger partial charge in [0.1, 0.15) is 5.75 Å². The molecular formula is C13H15ClF3N3O. The number of aromatic nitrogens is 2. The van der Waals surface area contributed by atoms with Crippen LogP contribution in [0.1, 0.15) is 6.42 Å². The molecule has 116 valence electrons. The molecule has 0 atom stereocenters. The van der Waals surface area contributed by atoms with E-state index in [-0.39, 0.29) is 18.2 Å². The molecule has 1 aromatic heterocycles. The molecule has 2 N–H and O–H groups in total. The molecule has 4 nitrogen and oxygen atoms in total. The Hall–Kier alpha value is -1.73. The maximum atomic E-state index is 12.0. The Kier molecular flexibility index (Phi) is 6.04. The predicted molar refractivity (Wildman–Crippen MR) is 75.3 cm³/mol. The summed E-state index contributed by atoms with van der Waals surface area (Å²) in [5, 5.41) is 4.16. The van der Waals surface area contributed by atoms with E-state index in [1.54, 1.807) is 23.0 Å². The third-order valence-corrected chi connectivity index (χ3v) is 2.65. The molecule has 21 heavy (non-hydrogen) atoms. The highest BCUT2D eigenvalue weighted by Crippen LogP contribution is 2.26. The van der Waals surface area contributed by atoms with Gasteiger partial charge in [0.15, 0.2) is 0 Å². The first kappa shape index (κ1) is 17.3. The summed E-state index contributed by atoms with van der Waals surface area (Å²) >= 11 is 0. The van der Waals surface area contributed by atoms with Gasteiger partial charge in [-0.1, -0.05) is 12.1 Å².